The lowest BCUT2D eigenvalue weighted by Crippen LogP contribution is -2.11. The second-order valence-corrected chi connectivity index (χ2v) is 9.43. The van der Waals surface area contributed by atoms with Crippen LogP contribution < -0.4 is 9.47 Å². The molecule has 8 heteroatoms. The van der Waals surface area contributed by atoms with Crippen molar-refractivity contribution in [3.8, 4) is 11.5 Å². The lowest BCUT2D eigenvalue weighted by atomic mass is 10.1. The Hall–Kier alpha value is -4.98. The van der Waals surface area contributed by atoms with Gasteiger partial charge in [0.15, 0.2) is 0 Å². The Bertz CT molecular complexity index is 1450. The normalized spacial score (nSPS) is 10.3. The Morgan fingerprint density at radius 1 is 0.634 bits per heavy atom. The van der Waals surface area contributed by atoms with Gasteiger partial charge in [-0.05, 0) is 79.9 Å². The van der Waals surface area contributed by atoms with Gasteiger partial charge >= 0.3 is 23.9 Å². The molecule has 0 spiro atoms. The zero-order chi connectivity index (χ0) is 29.9. The first-order valence-corrected chi connectivity index (χ1v) is 12.9. The maximum Gasteiger partial charge on any atom is 0.343 e. The minimum atomic E-state index is -0.538. The Morgan fingerprint density at radius 2 is 1.07 bits per heavy atom. The number of aryl methyl sites for hydroxylation is 1. The van der Waals surface area contributed by atoms with Crippen molar-refractivity contribution in [2.75, 3.05) is 13.2 Å². The SMILES string of the molecule is C=C(C)C(=O)OCCc1ccc(C(=O)Oc2ccc(OC(=O)c3ccc(CCOC(=O)C(=C)C)cc3)c(C)c2)cc1. The maximum atomic E-state index is 12.6. The van der Waals surface area contributed by atoms with Gasteiger partial charge in [-0.3, -0.25) is 0 Å². The van der Waals surface area contributed by atoms with Crippen LogP contribution >= 0.6 is 0 Å². The molecule has 41 heavy (non-hydrogen) atoms. The van der Waals surface area contributed by atoms with E-state index in [1.165, 1.54) is 0 Å². The lowest BCUT2D eigenvalue weighted by molar-refractivity contribution is -0.139. The van der Waals surface area contributed by atoms with E-state index in [0.29, 0.717) is 52.2 Å². The van der Waals surface area contributed by atoms with Crippen molar-refractivity contribution in [3.63, 3.8) is 0 Å². The zero-order valence-electron chi connectivity index (χ0n) is 23.4. The zero-order valence-corrected chi connectivity index (χ0v) is 23.4. The van der Waals surface area contributed by atoms with Gasteiger partial charge in [0, 0.05) is 24.0 Å². The van der Waals surface area contributed by atoms with Crippen LogP contribution in [0.15, 0.2) is 91.0 Å². The highest BCUT2D eigenvalue weighted by Gasteiger charge is 2.14. The summed E-state index contributed by atoms with van der Waals surface area (Å²) in [5, 5.41) is 0. The molecule has 0 aliphatic carbocycles. The minimum absolute atomic E-state index is 0.214. The summed E-state index contributed by atoms with van der Waals surface area (Å²) in [5.74, 6) is -1.31. The molecule has 0 N–H and O–H groups in total. The second kappa shape index (κ2) is 14.4. The molecule has 0 atom stereocenters. The molecule has 0 aliphatic rings. The van der Waals surface area contributed by atoms with E-state index in [2.05, 4.69) is 13.2 Å². The largest absolute Gasteiger partial charge is 0.462 e. The van der Waals surface area contributed by atoms with E-state index in [1.807, 2.05) is 0 Å². The smallest absolute Gasteiger partial charge is 0.343 e. The molecule has 0 fully saturated rings. The fourth-order valence-corrected chi connectivity index (χ4v) is 3.51. The van der Waals surface area contributed by atoms with E-state index in [9.17, 15) is 19.2 Å². The molecule has 0 aliphatic heterocycles. The summed E-state index contributed by atoms with van der Waals surface area (Å²) in [6, 6.07) is 18.4. The number of ether oxygens (including phenoxy) is 4. The van der Waals surface area contributed by atoms with Crippen LogP contribution in [0.5, 0.6) is 11.5 Å². The highest BCUT2D eigenvalue weighted by Crippen LogP contribution is 2.25. The van der Waals surface area contributed by atoms with Gasteiger partial charge in [-0.1, -0.05) is 37.4 Å². The van der Waals surface area contributed by atoms with E-state index < -0.39 is 23.9 Å². The molecule has 0 aromatic heterocycles. The molecule has 3 aromatic carbocycles. The van der Waals surface area contributed by atoms with E-state index >= 15 is 0 Å². The van der Waals surface area contributed by atoms with Crippen molar-refractivity contribution in [2.24, 2.45) is 0 Å². The Morgan fingerprint density at radius 3 is 1.49 bits per heavy atom. The Balaban J connectivity index is 1.51. The van der Waals surface area contributed by atoms with Crippen LogP contribution in [0.2, 0.25) is 0 Å². The van der Waals surface area contributed by atoms with Crippen LogP contribution in [0.4, 0.5) is 0 Å². The average Bonchev–Trinajstić information content (AvgIpc) is 2.94. The fourth-order valence-electron chi connectivity index (χ4n) is 3.51. The number of benzene rings is 3. The van der Waals surface area contributed by atoms with Crippen LogP contribution in [-0.4, -0.2) is 37.1 Å². The minimum Gasteiger partial charge on any atom is -0.462 e. The standard InChI is InChI=1S/C33H32O8/c1-21(2)30(34)38-18-16-24-6-10-26(11-7-24)32(36)40-28-14-15-29(23(5)20-28)41-33(37)27-12-8-25(9-13-27)17-19-39-31(35)22(3)4/h6-15,20H,1,3,16-19H2,2,4-5H3. The highest BCUT2D eigenvalue weighted by atomic mass is 16.5. The molecule has 0 saturated carbocycles. The quantitative estimate of drug-likeness (QED) is 0.158. The summed E-state index contributed by atoms with van der Waals surface area (Å²) < 4.78 is 21.2. The third kappa shape index (κ3) is 9.32. The molecule has 3 aromatic rings. The van der Waals surface area contributed by atoms with Crippen molar-refractivity contribution in [2.45, 2.75) is 33.6 Å². The first-order valence-electron chi connectivity index (χ1n) is 12.9. The van der Waals surface area contributed by atoms with Gasteiger partial charge in [0.05, 0.1) is 24.3 Å². The molecule has 0 amide bonds. The van der Waals surface area contributed by atoms with Gasteiger partial charge in [-0.25, -0.2) is 19.2 Å². The molecule has 3 rings (SSSR count). The number of rotatable bonds is 12. The first-order chi connectivity index (χ1) is 19.5. The van der Waals surface area contributed by atoms with Gasteiger partial charge in [0.2, 0.25) is 0 Å². The molecule has 0 heterocycles. The first kappa shape index (κ1) is 30.6. The van der Waals surface area contributed by atoms with Crippen LogP contribution in [0.3, 0.4) is 0 Å². The Kier molecular flexibility index (Phi) is 10.7. The van der Waals surface area contributed by atoms with E-state index in [4.69, 9.17) is 18.9 Å². The summed E-state index contributed by atoms with van der Waals surface area (Å²) in [6.07, 6.45) is 1.01. The van der Waals surface area contributed by atoms with Crippen molar-refractivity contribution < 1.29 is 38.1 Å². The molecule has 212 valence electrons. The van der Waals surface area contributed by atoms with Gasteiger partial charge in [-0.2, -0.15) is 0 Å². The van der Waals surface area contributed by atoms with Crippen molar-refractivity contribution in [1.29, 1.82) is 0 Å². The van der Waals surface area contributed by atoms with E-state index in [0.717, 1.165) is 11.1 Å². The van der Waals surface area contributed by atoms with Crippen molar-refractivity contribution >= 4 is 23.9 Å². The maximum absolute atomic E-state index is 12.6. The monoisotopic (exact) mass is 556 g/mol. The van der Waals surface area contributed by atoms with Gasteiger partial charge in [0.25, 0.3) is 0 Å². The van der Waals surface area contributed by atoms with Crippen LogP contribution in [0.25, 0.3) is 0 Å². The van der Waals surface area contributed by atoms with Gasteiger partial charge in [-0.15, -0.1) is 0 Å². The summed E-state index contributed by atoms with van der Waals surface area (Å²) in [7, 11) is 0. The number of esters is 4. The summed E-state index contributed by atoms with van der Waals surface area (Å²) in [5.41, 5.74) is 3.81. The van der Waals surface area contributed by atoms with E-state index in [1.54, 1.807) is 87.5 Å². The predicted molar refractivity (Wildman–Crippen MR) is 153 cm³/mol. The number of hydrogen-bond acceptors (Lipinski definition) is 8. The van der Waals surface area contributed by atoms with E-state index in [-0.39, 0.29) is 13.2 Å². The van der Waals surface area contributed by atoms with Crippen LogP contribution in [0, 0.1) is 6.92 Å². The fraction of sp³-hybridized carbons (Fsp3) is 0.212. The van der Waals surface area contributed by atoms with Crippen molar-refractivity contribution in [1.82, 2.24) is 0 Å². The molecular formula is C33H32O8. The second-order valence-electron chi connectivity index (χ2n) is 9.43. The highest BCUT2D eigenvalue weighted by molar-refractivity contribution is 5.92. The molecule has 0 bridgehead atoms. The topological polar surface area (TPSA) is 105 Å². The lowest BCUT2D eigenvalue weighted by Gasteiger charge is -2.11. The number of hydrogen-bond donors (Lipinski definition) is 0. The molecule has 0 radical (unpaired) electrons. The molecule has 0 saturated heterocycles. The molecular weight excluding hydrogens is 524 g/mol. The van der Waals surface area contributed by atoms with Crippen LogP contribution in [0.1, 0.15) is 51.3 Å². The number of carbonyl (C=O) groups excluding carboxylic acids is 4. The number of carbonyl (C=O) groups is 4. The third-order valence-electron chi connectivity index (χ3n) is 5.88. The van der Waals surface area contributed by atoms with Crippen LogP contribution in [-0.2, 0) is 31.9 Å². The summed E-state index contributed by atoms with van der Waals surface area (Å²) in [6.45, 7) is 12.4. The third-order valence-corrected chi connectivity index (χ3v) is 5.88. The Labute approximate surface area is 239 Å². The predicted octanol–water partition coefficient (Wildman–Crippen LogP) is 5.76. The average molecular weight is 557 g/mol. The summed E-state index contributed by atoms with van der Waals surface area (Å²) >= 11 is 0. The van der Waals surface area contributed by atoms with Crippen molar-refractivity contribution in [3.05, 3.63) is 119 Å². The van der Waals surface area contributed by atoms with Gasteiger partial charge in [0.1, 0.15) is 11.5 Å². The molecule has 8 nitrogen and oxygen atoms in total. The van der Waals surface area contributed by atoms with Gasteiger partial charge < -0.3 is 18.9 Å². The summed E-state index contributed by atoms with van der Waals surface area (Å²) in [4.78, 5) is 48.2. The molecule has 0 unspecified atom stereocenters.